The molecule has 2 aliphatic heterocycles. The van der Waals surface area contributed by atoms with Gasteiger partial charge in [-0.1, -0.05) is 30.3 Å². The van der Waals surface area contributed by atoms with Crippen molar-refractivity contribution in [2.45, 2.75) is 38.4 Å². The molecule has 0 aliphatic carbocycles. The lowest BCUT2D eigenvalue weighted by atomic mass is 9.94. The van der Waals surface area contributed by atoms with Crippen molar-refractivity contribution in [2.75, 3.05) is 31.1 Å². The quantitative estimate of drug-likeness (QED) is 0.798. The van der Waals surface area contributed by atoms with Crippen LogP contribution in [0.5, 0.6) is 0 Å². The highest BCUT2D eigenvalue weighted by Crippen LogP contribution is 2.25. The third-order valence-corrected chi connectivity index (χ3v) is 5.80. The molecule has 1 aromatic carbocycles. The fourth-order valence-corrected chi connectivity index (χ4v) is 4.10. The molecule has 2 aromatic rings. The number of hydrogen-bond acceptors (Lipinski definition) is 5. The fraction of sp³-hybridized carbons (Fsp3) is 0.500. The number of hydrogen-bond donors (Lipinski definition) is 0. The van der Waals surface area contributed by atoms with Gasteiger partial charge in [-0.15, -0.1) is 0 Å². The van der Waals surface area contributed by atoms with Crippen LogP contribution in [0.3, 0.4) is 0 Å². The van der Waals surface area contributed by atoms with Crippen molar-refractivity contribution in [3.8, 4) is 0 Å². The number of ether oxygens (including phenoxy) is 1. The number of carbonyl (C=O) groups excluding carboxylic acids is 1. The zero-order valence-corrected chi connectivity index (χ0v) is 16.2. The monoisotopic (exact) mass is 380 g/mol. The van der Waals surface area contributed by atoms with E-state index in [1.165, 1.54) is 5.56 Å². The minimum absolute atomic E-state index is 0.134. The van der Waals surface area contributed by atoms with Gasteiger partial charge in [-0.3, -0.25) is 9.78 Å². The van der Waals surface area contributed by atoms with Gasteiger partial charge in [-0.2, -0.15) is 0 Å². The van der Waals surface area contributed by atoms with E-state index in [2.05, 4.69) is 27.0 Å². The van der Waals surface area contributed by atoms with Crippen LogP contribution in [0.25, 0.3) is 0 Å². The normalized spacial score (nSPS) is 19.0. The predicted molar refractivity (Wildman–Crippen MR) is 108 cm³/mol. The van der Waals surface area contributed by atoms with Crippen molar-refractivity contribution in [1.82, 2.24) is 14.9 Å². The number of benzene rings is 1. The van der Waals surface area contributed by atoms with Crippen molar-refractivity contribution < 1.29 is 9.53 Å². The highest BCUT2D eigenvalue weighted by Gasteiger charge is 2.31. The van der Waals surface area contributed by atoms with Gasteiger partial charge in [0.1, 0.15) is 5.82 Å². The molecule has 6 heteroatoms. The maximum absolute atomic E-state index is 12.9. The summed E-state index contributed by atoms with van der Waals surface area (Å²) >= 11 is 0. The van der Waals surface area contributed by atoms with Crippen LogP contribution in [-0.2, 0) is 16.1 Å². The number of rotatable bonds is 5. The van der Waals surface area contributed by atoms with Gasteiger partial charge in [0.25, 0.3) is 0 Å². The molecule has 28 heavy (non-hydrogen) atoms. The summed E-state index contributed by atoms with van der Waals surface area (Å²) in [5, 5.41) is 0. The van der Waals surface area contributed by atoms with Crippen LogP contribution in [0.4, 0.5) is 5.82 Å². The Kier molecular flexibility index (Phi) is 6.17. The maximum Gasteiger partial charge on any atom is 0.225 e. The first-order chi connectivity index (χ1) is 13.8. The van der Waals surface area contributed by atoms with Gasteiger partial charge in [-0.25, -0.2) is 4.98 Å². The third-order valence-electron chi connectivity index (χ3n) is 5.80. The van der Waals surface area contributed by atoms with Gasteiger partial charge in [0.05, 0.1) is 18.9 Å². The molecule has 0 radical (unpaired) electrons. The number of nitrogens with zero attached hydrogens (tertiary/aromatic N) is 4. The topological polar surface area (TPSA) is 58.6 Å². The smallest absolute Gasteiger partial charge is 0.225 e. The molecule has 1 amide bonds. The van der Waals surface area contributed by atoms with E-state index < -0.39 is 0 Å². The van der Waals surface area contributed by atoms with E-state index in [-0.39, 0.29) is 12.0 Å². The average Bonchev–Trinajstić information content (AvgIpc) is 2.79. The van der Waals surface area contributed by atoms with Gasteiger partial charge < -0.3 is 14.5 Å². The molecule has 0 atom stereocenters. The predicted octanol–water partition coefficient (Wildman–Crippen LogP) is 2.90. The summed E-state index contributed by atoms with van der Waals surface area (Å²) in [6.45, 7) is 4.00. The standard InChI is InChI=1S/C22H28N4O2/c27-22(19-6-12-25(13-7-19)21-16-23-10-11-24-21)26-14-8-20(9-15-26)28-17-18-4-2-1-3-5-18/h1-5,10-11,16,19-20H,6-9,12-15,17H2. The minimum atomic E-state index is 0.134. The molecular formula is C22H28N4O2. The molecule has 0 N–H and O–H groups in total. The highest BCUT2D eigenvalue weighted by molar-refractivity contribution is 5.79. The van der Waals surface area contributed by atoms with Crippen molar-refractivity contribution >= 4 is 11.7 Å². The van der Waals surface area contributed by atoms with Crippen molar-refractivity contribution in [2.24, 2.45) is 5.92 Å². The molecule has 2 fully saturated rings. The third kappa shape index (κ3) is 4.68. The van der Waals surface area contributed by atoms with E-state index in [9.17, 15) is 4.79 Å². The summed E-state index contributed by atoms with van der Waals surface area (Å²) in [7, 11) is 0. The van der Waals surface area contributed by atoms with E-state index in [0.29, 0.717) is 12.5 Å². The van der Waals surface area contributed by atoms with Crippen LogP contribution in [0.1, 0.15) is 31.2 Å². The van der Waals surface area contributed by atoms with Gasteiger partial charge in [0.15, 0.2) is 0 Å². The molecule has 148 valence electrons. The minimum Gasteiger partial charge on any atom is -0.373 e. The molecule has 0 unspecified atom stereocenters. The summed E-state index contributed by atoms with van der Waals surface area (Å²) in [5.41, 5.74) is 1.20. The molecule has 2 aliphatic rings. The zero-order valence-electron chi connectivity index (χ0n) is 16.2. The van der Waals surface area contributed by atoms with Gasteiger partial charge in [0.2, 0.25) is 5.91 Å². The van der Waals surface area contributed by atoms with Crippen molar-refractivity contribution in [3.05, 3.63) is 54.5 Å². The zero-order chi connectivity index (χ0) is 19.2. The SMILES string of the molecule is O=C(C1CCN(c2cnccn2)CC1)N1CCC(OCc2ccccc2)CC1. The Labute approximate surface area is 166 Å². The molecule has 4 rings (SSSR count). The molecule has 0 bridgehead atoms. The van der Waals surface area contributed by atoms with Crippen LogP contribution < -0.4 is 4.90 Å². The summed E-state index contributed by atoms with van der Waals surface area (Å²) < 4.78 is 6.05. The molecule has 0 saturated carbocycles. The summed E-state index contributed by atoms with van der Waals surface area (Å²) in [6.07, 6.45) is 9.09. The van der Waals surface area contributed by atoms with Crippen LogP contribution in [0.15, 0.2) is 48.9 Å². The number of anilines is 1. The first-order valence-electron chi connectivity index (χ1n) is 10.2. The lowest BCUT2D eigenvalue weighted by Gasteiger charge is -2.37. The van der Waals surface area contributed by atoms with E-state index in [0.717, 1.165) is 57.7 Å². The lowest BCUT2D eigenvalue weighted by molar-refractivity contribution is -0.139. The molecule has 2 saturated heterocycles. The Balaban J connectivity index is 1.20. The summed E-state index contributed by atoms with van der Waals surface area (Å²) in [5.74, 6) is 1.36. The largest absolute Gasteiger partial charge is 0.373 e. The second-order valence-electron chi connectivity index (χ2n) is 7.65. The average molecular weight is 380 g/mol. The van der Waals surface area contributed by atoms with Crippen molar-refractivity contribution in [3.63, 3.8) is 0 Å². The van der Waals surface area contributed by atoms with E-state index in [1.807, 2.05) is 23.1 Å². The molecule has 0 spiro atoms. The fourth-order valence-electron chi connectivity index (χ4n) is 4.10. The Hall–Kier alpha value is -2.47. The number of piperidine rings is 2. The van der Waals surface area contributed by atoms with Gasteiger partial charge in [-0.05, 0) is 31.2 Å². The van der Waals surface area contributed by atoms with Crippen LogP contribution in [0.2, 0.25) is 0 Å². The van der Waals surface area contributed by atoms with Crippen LogP contribution in [0, 0.1) is 5.92 Å². The Morgan fingerprint density at radius 1 is 1.00 bits per heavy atom. The summed E-state index contributed by atoms with van der Waals surface area (Å²) in [4.78, 5) is 25.7. The second-order valence-corrected chi connectivity index (χ2v) is 7.65. The maximum atomic E-state index is 12.9. The Morgan fingerprint density at radius 3 is 2.43 bits per heavy atom. The second kappa shape index (κ2) is 9.15. The number of amides is 1. The molecule has 1 aromatic heterocycles. The van der Waals surface area contributed by atoms with Gasteiger partial charge >= 0.3 is 0 Å². The van der Waals surface area contributed by atoms with Crippen LogP contribution >= 0.6 is 0 Å². The van der Waals surface area contributed by atoms with Crippen molar-refractivity contribution in [1.29, 1.82) is 0 Å². The molecule has 3 heterocycles. The van der Waals surface area contributed by atoms with E-state index in [4.69, 9.17) is 4.74 Å². The Morgan fingerprint density at radius 2 is 1.75 bits per heavy atom. The highest BCUT2D eigenvalue weighted by atomic mass is 16.5. The Bertz CT molecular complexity index is 740. The van der Waals surface area contributed by atoms with E-state index in [1.54, 1.807) is 18.6 Å². The van der Waals surface area contributed by atoms with Gasteiger partial charge in [0, 0.05) is 44.5 Å². The molecular weight excluding hydrogens is 352 g/mol. The lowest BCUT2D eigenvalue weighted by Crippen LogP contribution is -2.46. The van der Waals surface area contributed by atoms with E-state index >= 15 is 0 Å². The first-order valence-corrected chi connectivity index (χ1v) is 10.2. The number of carbonyl (C=O) groups is 1. The first kappa shape index (κ1) is 18.9. The number of aromatic nitrogens is 2. The number of likely N-dealkylation sites (tertiary alicyclic amines) is 1. The van der Waals surface area contributed by atoms with Crippen LogP contribution in [-0.4, -0.2) is 53.1 Å². The molecule has 6 nitrogen and oxygen atoms in total. The summed E-state index contributed by atoms with van der Waals surface area (Å²) in [6, 6.07) is 10.3.